The maximum atomic E-state index is 12.5. The number of carbonyl (C=O) groups is 1. The zero-order chi connectivity index (χ0) is 17.1. The highest BCUT2D eigenvalue weighted by atomic mass is 16.5. The van der Waals surface area contributed by atoms with Crippen molar-refractivity contribution in [3.63, 3.8) is 0 Å². The fraction of sp³-hybridized carbons (Fsp3) is 0.278. The number of aryl methyl sites for hydroxylation is 2. The van der Waals surface area contributed by atoms with E-state index >= 15 is 0 Å². The third-order valence-electron chi connectivity index (χ3n) is 3.88. The summed E-state index contributed by atoms with van der Waals surface area (Å²) < 4.78 is 5.14. The van der Waals surface area contributed by atoms with Gasteiger partial charge in [0.15, 0.2) is 0 Å². The first kappa shape index (κ1) is 16.1. The second kappa shape index (κ2) is 6.80. The number of benzene rings is 1. The summed E-state index contributed by atoms with van der Waals surface area (Å²) in [4.78, 5) is 16.7. The van der Waals surface area contributed by atoms with Gasteiger partial charge in [-0.1, -0.05) is 35.5 Å². The molecule has 124 valence electrons. The Kier molecular flexibility index (Phi) is 4.57. The van der Waals surface area contributed by atoms with Crippen LogP contribution < -0.4 is 5.32 Å². The topological polar surface area (TPSA) is 88.2 Å². The van der Waals surface area contributed by atoms with Crippen molar-refractivity contribution in [1.29, 1.82) is 0 Å². The molecular formula is C18H19N3O3. The Morgan fingerprint density at radius 3 is 2.79 bits per heavy atom. The van der Waals surface area contributed by atoms with Crippen molar-refractivity contribution < 1.29 is 14.4 Å². The van der Waals surface area contributed by atoms with Crippen molar-refractivity contribution >= 4 is 17.0 Å². The summed E-state index contributed by atoms with van der Waals surface area (Å²) in [5, 5.41) is 17.5. The molecule has 2 aromatic heterocycles. The molecule has 24 heavy (non-hydrogen) atoms. The summed E-state index contributed by atoms with van der Waals surface area (Å²) in [5.74, 6) is -0.225. The van der Waals surface area contributed by atoms with Gasteiger partial charge in [0.2, 0.25) is 0 Å². The van der Waals surface area contributed by atoms with Crippen LogP contribution in [0.5, 0.6) is 0 Å². The van der Waals surface area contributed by atoms with E-state index in [9.17, 15) is 9.90 Å². The molecule has 6 nitrogen and oxygen atoms in total. The summed E-state index contributed by atoms with van der Waals surface area (Å²) >= 11 is 0. The molecule has 1 atom stereocenters. The summed E-state index contributed by atoms with van der Waals surface area (Å²) in [6, 6.07) is 11.1. The normalized spacial score (nSPS) is 12.3. The van der Waals surface area contributed by atoms with E-state index in [1.165, 1.54) is 0 Å². The molecule has 1 amide bonds. The molecule has 0 bridgehead atoms. The molecule has 0 spiro atoms. The van der Waals surface area contributed by atoms with Crippen molar-refractivity contribution in [2.24, 2.45) is 0 Å². The molecule has 0 aliphatic heterocycles. The van der Waals surface area contributed by atoms with Crippen LogP contribution in [0.1, 0.15) is 39.8 Å². The first-order valence-electron chi connectivity index (χ1n) is 7.81. The third-order valence-corrected chi connectivity index (χ3v) is 3.88. The molecule has 0 saturated heterocycles. The van der Waals surface area contributed by atoms with E-state index in [0.717, 1.165) is 5.56 Å². The van der Waals surface area contributed by atoms with Crippen LogP contribution in [-0.2, 0) is 0 Å². The lowest BCUT2D eigenvalue weighted by molar-refractivity contribution is 0.0944. The van der Waals surface area contributed by atoms with Crippen LogP contribution >= 0.6 is 0 Å². The maximum Gasteiger partial charge on any atom is 0.258 e. The molecule has 0 aliphatic carbocycles. The van der Waals surface area contributed by atoms with Crippen molar-refractivity contribution in [2.75, 3.05) is 6.54 Å². The van der Waals surface area contributed by atoms with E-state index < -0.39 is 6.10 Å². The lowest BCUT2D eigenvalue weighted by Gasteiger charge is -2.12. The lowest BCUT2D eigenvalue weighted by Crippen LogP contribution is -2.26. The smallest absolute Gasteiger partial charge is 0.258 e. The van der Waals surface area contributed by atoms with Crippen molar-refractivity contribution in [3.05, 3.63) is 58.9 Å². The van der Waals surface area contributed by atoms with Gasteiger partial charge in [0.25, 0.3) is 11.6 Å². The van der Waals surface area contributed by atoms with Crippen LogP contribution in [0.2, 0.25) is 0 Å². The number of hydrogen-bond donors (Lipinski definition) is 2. The largest absolute Gasteiger partial charge is 0.388 e. The SMILES string of the molecule is Cc1cc(C(=O)NCCC(O)c2ccccc2)c2c(C)noc2n1. The summed E-state index contributed by atoms with van der Waals surface area (Å²) in [5.41, 5.74) is 3.01. The Labute approximate surface area is 139 Å². The number of rotatable bonds is 5. The zero-order valence-corrected chi connectivity index (χ0v) is 13.6. The fourth-order valence-corrected chi connectivity index (χ4v) is 2.66. The highest BCUT2D eigenvalue weighted by molar-refractivity contribution is 6.06. The van der Waals surface area contributed by atoms with Crippen molar-refractivity contribution in [3.8, 4) is 0 Å². The van der Waals surface area contributed by atoms with Crippen LogP contribution in [0.3, 0.4) is 0 Å². The van der Waals surface area contributed by atoms with E-state index in [2.05, 4.69) is 15.5 Å². The average Bonchev–Trinajstić information content (AvgIpc) is 2.95. The number of aliphatic hydroxyl groups excluding tert-OH is 1. The molecule has 1 unspecified atom stereocenters. The van der Waals surface area contributed by atoms with Gasteiger partial charge in [-0.2, -0.15) is 0 Å². The monoisotopic (exact) mass is 325 g/mol. The minimum atomic E-state index is -0.608. The van der Waals surface area contributed by atoms with Gasteiger partial charge in [0.1, 0.15) is 0 Å². The number of hydrogen-bond acceptors (Lipinski definition) is 5. The molecular weight excluding hydrogens is 306 g/mol. The lowest BCUT2D eigenvalue weighted by atomic mass is 10.1. The fourth-order valence-electron chi connectivity index (χ4n) is 2.66. The Bertz CT molecular complexity index is 859. The molecule has 1 aromatic carbocycles. The molecule has 3 rings (SSSR count). The number of amides is 1. The van der Waals surface area contributed by atoms with Crippen LogP contribution in [-0.4, -0.2) is 27.7 Å². The molecule has 0 saturated carbocycles. The second-order valence-corrected chi connectivity index (χ2v) is 5.73. The maximum absolute atomic E-state index is 12.5. The Hall–Kier alpha value is -2.73. The van der Waals surface area contributed by atoms with Gasteiger partial charge >= 0.3 is 0 Å². The van der Waals surface area contributed by atoms with Crippen LogP contribution in [0.25, 0.3) is 11.1 Å². The second-order valence-electron chi connectivity index (χ2n) is 5.73. The van der Waals surface area contributed by atoms with Gasteiger partial charge in [-0.05, 0) is 31.9 Å². The quantitative estimate of drug-likeness (QED) is 0.753. The molecule has 0 radical (unpaired) electrons. The number of nitrogens with one attached hydrogen (secondary N) is 1. The van der Waals surface area contributed by atoms with Gasteiger partial charge in [-0.3, -0.25) is 4.79 Å². The van der Waals surface area contributed by atoms with Crippen molar-refractivity contribution in [2.45, 2.75) is 26.4 Å². The molecule has 0 aliphatic rings. The number of fused-ring (bicyclic) bond motifs is 1. The van der Waals surface area contributed by atoms with Gasteiger partial charge in [0.05, 0.1) is 22.7 Å². The Balaban J connectivity index is 1.69. The summed E-state index contributed by atoms with van der Waals surface area (Å²) in [6.45, 7) is 3.94. The molecule has 2 heterocycles. The summed E-state index contributed by atoms with van der Waals surface area (Å²) in [7, 11) is 0. The third kappa shape index (κ3) is 3.28. The van der Waals surface area contributed by atoms with Crippen LogP contribution in [0, 0.1) is 13.8 Å². The Morgan fingerprint density at radius 2 is 2.04 bits per heavy atom. The number of aliphatic hydroxyl groups is 1. The number of carbonyl (C=O) groups excluding carboxylic acids is 1. The van der Waals surface area contributed by atoms with Crippen LogP contribution in [0.4, 0.5) is 0 Å². The molecule has 3 aromatic rings. The van der Waals surface area contributed by atoms with E-state index in [-0.39, 0.29) is 5.91 Å². The predicted molar refractivity (Wildman–Crippen MR) is 89.6 cm³/mol. The standard InChI is InChI=1S/C18H19N3O3/c1-11-10-14(16-12(2)21-24-18(16)20-11)17(23)19-9-8-15(22)13-6-4-3-5-7-13/h3-7,10,15,22H,8-9H2,1-2H3,(H,19,23). The Morgan fingerprint density at radius 1 is 1.29 bits per heavy atom. The van der Waals surface area contributed by atoms with E-state index in [1.807, 2.05) is 30.3 Å². The predicted octanol–water partition coefficient (Wildman–Crippen LogP) is 2.69. The minimum Gasteiger partial charge on any atom is -0.388 e. The molecule has 2 N–H and O–H groups in total. The first-order valence-corrected chi connectivity index (χ1v) is 7.81. The highest BCUT2D eigenvalue weighted by Gasteiger charge is 2.18. The average molecular weight is 325 g/mol. The zero-order valence-electron chi connectivity index (χ0n) is 13.6. The van der Waals surface area contributed by atoms with E-state index in [1.54, 1.807) is 19.9 Å². The van der Waals surface area contributed by atoms with Crippen LogP contribution in [0.15, 0.2) is 40.9 Å². The van der Waals surface area contributed by atoms with Gasteiger partial charge in [-0.15, -0.1) is 0 Å². The van der Waals surface area contributed by atoms with Gasteiger partial charge in [-0.25, -0.2) is 4.98 Å². The first-order chi connectivity index (χ1) is 11.6. The number of pyridine rings is 1. The number of nitrogens with zero attached hydrogens (tertiary/aromatic N) is 2. The van der Waals surface area contributed by atoms with Crippen molar-refractivity contribution in [1.82, 2.24) is 15.5 Å². The van der Waals surface area contributed by atoms with E-state index in [0.29, 0.717) is 41.0 Å². The van der Waals surface area contributed by atoms with E-state index in [4.69, 9.17) is 4.52 Å². The molecule has 0 fully saturated rings. The minimum absolute atomic E-state index is 0.225. The highest BCUT2D eigenvalue weighted by Crippen LogP contribution is 2.22. The number of aromatic nitrogens is 2. The van der Waals surface area contributed by atoms with Gasteiger partial charge in [0, 0.05) is 12.2 Å². The molecule has 6 heteroatoms. The summed E-state index contributed by atoms with van der Waals surface area (Å²) in [6.07, 6.45) is -0.172. The van der Waals surface area contributed by atoms with Gasteiger partial charge < -0.3 is 14.9 Å².